The average molecular weight is 388 g/mol. The molecule has 0 saturated heterocycles. The van der Waals surface area contributed by atoms with Crippen LogP contribution >= 0.6 is 23.4 Å². The molecule has 0 fully saturated rings. The number of nitrogens with zero attached hydrogens (tertiary/aromatic N) is 2. The minimum absolute atomic E-state index is 0.157. The van der Waals surface area contributed by atoms with Gasteiger partial charge in [0.2, 0.25) is 11.8 Å². The van der Waals surface area contributed by atoms with Gasteiger partial charge in [-0.25, -0.2) is 0 Å². The average Bonchev–Trinajstić information content (AvgIpc) is 3.08. The van der Waals surface area contributed by atoms with Crippen LogP contribution in [-0.2, 0) is 4.79 Å². The number of hydrogen-bond acceptors (Lipinski definition) is 5. The minimum atomic E-state index is -0.403. The van der Waals surface area contributed by atoms with Gasteiger partial charge < -0.3 is 9.73 Å². The Morgan fingerprint density at radius 3 is 2.62 bits per heavy atom. The van der Waals surface area contributed by atoms with Crippen LogP contribution in [0.15, 0.2) is 52.1 Å². The van der Waals surface area contributed by atoms with Crippen LogP contribution in [0.25, 0.3) is 11.5 Å². The van der Waals surface area contributed by atoms with Crippen molar-refractivity contribution in [1.82, 2.24) is 10.2 Å². The third kappa shape index (κ3) is 4.26. The van der Waals surface area contributed by atoms with Gasteiger partial charge in [0.25, 0.3) is 5.22 Å². The Bertz CT molecular complexity index is 925. The Hall–Kier alpha value is -2.31. The Morgan fingerprint density at radius 2 is 1.88 bits per heavy atom. The lowest BCUT2D eigenvalue weighted by Crippen LogP contribution is -2.22. The summed E-state index contributed by atoms with van der Waals surface area (Å²) in [6.45, 7) is 5.66. The number of rotatable bonds is 5. The standard InChI is InChI=1S/C19H18ClN3O2S/c1-11-7-9-14(10-8-11)18-22-23-19(25-18)26-13(3)17(24)21-16-6-4-5-15(20)12(16)2/h4-10,13H,1-3H3,(H,21,24)/t13-/m0/s1. The first kappa shape index (κ1) is 18.5. The molecular formula is C19H18ClN3O2S. The fraction of sp³-hybridized carbons (Fsp3) is 0.211. The van der Waals surface area contributed by atoms with Crippen LogP contribution in [0, 0.1) is 13.8 Å². The van der Waals surface area contributed by atoms with Gasteiger partial charge in [-0.1, -0.05) is 47.1 Å². The van der Waals surface area contributed by atoms with E-state index >= 15 is 0 Å². The number of amides is 1. The van der Waals surface area contributed by atoms with E-state index in [4.69, 9.17) is 16.0 Å². The van der Waals surface area contributed by atoms with E-state index in [1.54, 1.807) is 19.1 Å². The van der Waals surface area contributed by atoms with Crippen LogP contribution in [0.5, 0.6) is 0 Å². The number of halogens is 1. The summed E-state index contributed by atoms with van der Waals surface area (Å²) in [5, 5.41) is 11.5. The molecule has 1 amide bonds. The van der Waals surface area contributed by atoms with E-state index in [-0.39, 0.29) is 5.91 Å². The molecule has 1 aromatic heterocycles. The highest BCUT2D eigenvalue weighted by atomic mass is 35.5. The predicted octanol–water partition coefficient (Wildman–Crippen LogP) is 5.13. The first-order valence-electron chi connectivity index (χ1n) is 8.07. The van der Waals surface area contributed by atoms with Gasteiger partial charge >= 0.3 is 0 Å². The molecule has 0 spiro atoms. The van der Waals surface area contributed by atoms with E-state index in [9.17, 15) is 4.79 Å². The summed E-state index contributed by atoms with van der Waals surface area (Å²) >= 11 is 7.30. The van der Waals surface area contributed by atoms with Crippen molar-refractivity contribution in [3.8, 4) is 11.5 Å². The van der Waals surface area contributed by atoms with Crippen molar-refractivity contribution in [2.24, 2.45) is 0 Å². The lowest BCUT2D eigenvalue weighted by Gasteiger charge is -2.12. The first-order chi connectivity index (χ1) is 12.4. The van der Waals surface area contributed by atoms with Gasteiger partial charge in [0.05, 0.1) is 5.25 Å². The number of hydrogen-bond donors (Lipinski definition) is 1. The molecule has 5 nitrogen and oxygen atoms in total. The molecule has 3 aromatic rings. The summed E-state index contributed by atoms with van der Waals surface area (Å²) in [5.74, 6) is 0.279. The van der Waals surface area contributed by atoms with Crippen LogP contribution in [0.2, 0.25) is 5.02 Å². The third-order valence-corrected chi connectivity index (χ3v) is 5.22. The number of anilines is 1. The van der Waals surface area contributed by atoms with Crippen molar-refractivity contribution in [2.75, 3.05) is 5.32 Å². The summed E-state index contributed by atoms with van der Waals surface area (Å²) < 4.78 is 5.66. The van der Waals surface area contributed by atoms with E-state index in [0.29, 0.717) is 21.8 Å². The van der Waals surface area contributed by atoms with Gasteiger partial charge in [-0.15, -0.1) is 10.2 Å². The molecule has 0 radical (unpaired) electrons. The quantitative estimate of drug-likeness (QED) is 0.615. The SMILES string of the molecule is Cc1ccc(-c2nnc(S[C@@H](C)C(=O)Nc3cccc(Cl)c3C)o2)cc1. The molecule has 0 unspecified atom stereocenters. The second kappa shape index (κ2) is 7.93. The largest absolute Gasteiger partial charge is 0.411 e. The van der Waals surface area contributed by atoms with Crippen molar-refractivity contribution >= 4 is 35.0 Å². The Balaban J connectivity index is 1.66. The third-order valence-electron chi connectivity index (χ3n) is 3.88. The van der Waals surface area contributed by atoms with Crippen molar-refractivity contribution in [1.29, 1.82) is 0 Å². The number of aromatic nitrogens is 2. The highest BCUT2D eigenvalue weighted by Crippen LogP contribution is 2.28. The molecule has 1 atom stereocenters. The fourth-order valence-corrected chi connectivity index (χ4v) is 3.11. The first-order valence-corrected chi connectivity index (χ1v) is 9.33. The maximum absolute atomic E-state index is 12.4. The van der Waals surface area contributed by atoms with Crippen molar-refractivity contribution in [2.45, 2.75) is 31.2 Å². The normalized spacial score (nSPS) is 12.0. The molecule has 0 aliphatic rings. The van der Waals surface area contributed by atoms with Gasteiger partial charge in [-0.05, 0) is 50.6 Å². The van der Waals surface area contributed by atoms with Crippen LogP contribution in [0.4, 0.5) is 5.69 Å². The number of carbonyl (C=O) groups excluding carboxylic acids is 1. The molecule has 2 aromatic carbocycles. The van der Waals surface area contributed by atoms with Gasteiger partial charge in [0, 0.05) is 16.3 Å². The minimum Gasteiger partial charge on any atom is -0.411 e. The highest BCUT2D eigenvalue weighted by molar-refractivity contribution is 8.00. The zero-order valence-corrected chi connectivity index (χ0v) is 16.2. The lowest BCUT2D eigenvalue weighted by molar-refractivity contribution is -0.115. The van der Waals surface area contributed by atoms with Crippen molar-refractivity contribution < 1.29 is 9.21 Å². The molecule has 3 rings (SSSR count). The summed E-state index contributed by atoms with van der Waals surface area (Å²) in [4.78, 5) is 12.4. The van der Waals surface area contributed by atoms with Gasteiger partial charge in [0.15, 0.2) is 0 Å². The Kier molecular flexibility index (Phi) is 5.64. The molecule has 1 N–H and O–H groups in total. The van der Waals surface area contributed by atoms with E-state index in [1.165, 1.54) is 11.8 Å². The van der Waals surface area contributed by atoms with E-state index in [1.807, 2.05) is 44.2 Å². The second-order valence-corrected chi connectivity index (χ2v) is 7.60. The number of benzene rings is 2. The highest BCUT2D eigenvalue weighted by Gasteiger charge is 2.19. The Morgan fingerprint density at radius 1 is 1.15 bits per heavy atom. The van der Waals surface area contributed by atoms with Gasteiger partial charge in [-0.3, -0.25) is 4.79 Å². The summed E-state index contributed by atoms with van der Waals surface area (Å²) in [6, 6.07) is 13.2. The van der Waals surface area contributed by atoms with Crippen molar-refractivity contribution in [3.05, 3.63) is 58.6 Å². The molecule has 134 valence electrons. The molecule has 0 saturated carbocycles. The molecule has 0 aliphatic heterocycles. The topological polar surface area (TPSA) is 68.0 Å². The maximum atomic E-state index is 12.4. The number of carbonyl (C=O) groups is 1. The zero-order valence-electron chi connectivity index (χ0n) is 14.6. The molecule has 7 heteroatoms. The summed E-state index contributed by atoms with van der Waals surface area (Å²) in [5.41, 5.74) is 3.53. The monoisotopic (exact) mass is 387 g/mol. The summed E-state index contributed by atoms with van der Waals surface area (Å²) in [6.07, 6.45) is 0. The van der Waals surface area contributed by atoms with Crippen molar-refractivity contribution in [3.63, 3.8) is 0 Å². The van der Waals surface area contributed by atoms with Crippen LogP contribution < -0.4 is 5.32 Å². The van der Waals surface area contributed by atoms with Crippen LogP contribution in [0.1, 0.15) is 18.1 Å². The number of thioether (sulfide) groups is 1. The second-order valence-electron chi connectivity index (χ2n) is 5.90. The van der Waals surface area contributed by atoms with E-state index in [0.717, 1.165) is 16.7 Å². The maximum Gasteiger partial charge on any atom is 0.277 e. The Labute approximate surface area is 161 Å². The molecule has 1 heterocycles. The number of nitrogens with one attached hydrogen (secondary N) is 1. The van der Waals surface area contributed by atoms with Gasteiger partial charge in [0.1, 0.15) is 0 Å². The molecular weight excluding hydrogens is 370 g/mol. The number of aryl methyl sites for hydroxylation is 1. The summed E-state index contributed by atoms with van der Waals surface area (Å²) in [7, 11) is 0. The van der Waals surface area contributed by atoms with E-state index in [2.05, 4.69) is 15.5 Å². The van der Waals surface area contributed by atoms with E-state index < -0.39 is 5.25 Å². The smallest absolute Gasteiger partial charge is 0.277 e. The predicted molar refractivity (Wildman–Crippen MR) is 105 cm³/mol. The van der Waals surface area contributed by atoms with Gasteiger partial charge in [-0.2, -0.15) is 0 Å². The van der Waals surface area contributed by atoms with Crippen LogP contribution in [-0.4, -0.2) is 21.4 Å². The lowest BCUT2D eigenvalue weighted by atomic mass is 10.1. The zero-order chi connectivity index (χ0) is 18.7. The molecule has 0 bridgehead atoms. The fourth-order valence-electron chi connectivity index (χ4n) is 2.25. The molecule has 26 heavy (non-hydrogen) atoms. The van der Waals surface area contributed by atoms with Crippen LogP contribution in [0.3, 0.4) is 0 Å². The molecule has 0 aliphatic carbocycles.